The molecule has 0 N–H and O–H groups in total. The number of fused-ring (bicyclic) bond motifs is 1. The molecule has 18 heavy (non-hydrogen) atoms. The van der Waals surface area contributed by atoms with Gasteiger partial charge in [0, 0.05) is 29.3 Å². The average Bonchev–Trinajstić information content (AvgIpc) is 2.88. The normalized spacial score (nSPS) is 17.8. The van der Waals surface area contributed by atoms with Crippen molar-refractivity contribution in [3.8, 4) is 0 Å². The van der Waals surface area contributed by atoms with Crippen LogP contribution in [-0.4, -0.2) is 15.3 Å². The van der Waals surface area contributed by atoms with Gasteiger partial charge in [-0.25, -0.2) is 4.98 Å². The first kappa shape index (κ1) is 11.7. The van der Waals surface area contributed by atoms with Crippen LogP contribution in [0, 0.1) is 5.41 Å². The van der Waals surface area contributed by atoms with Crippen molar-refractivity contribution in [3.63, 3.8) is 0 Å². The fourth-order valence-electron chi connectivity index (χ4n) is 2.64. The van der Waals surface area contributed by atoms with Gasteiger partial charge in [0.1, 0.15) is 0 Å². The SMILES string of the molecule is CC1(C)CC(=O)c2ccn(Cc3cscn3)c2C1. The second-order valence-electron chi connectivity index (χ2n) is 5.72. The molecule has 0 amide bonds. The molecule has 3 nitrogen and oxygen atoms in total. The van der Waals surface area contributed by atoms with Crippen LogP contribution in [0.4, 0.5) is 0 Å². The van der Waals surface area contributed by atoms with Gasteiger partial charge in [0.2, 0.25) is 0 Å². The zero-order valence-corrected chi connectivity index (χ0v) is 11.5. The van der Waals surface area contributed by atoms with Crippen molar-refractivity contribution in [2.24, 2.45) is 5.41 Å². The smallest absolute Gasteiger partial charge is 0.165 e. The lowest BCUT2D eigenvalue weighted by molar-refractivity contribution is 0.0910. The number of Topliss-reactive ketones (excluding diaryl/α,β-unsaturated/α-hetero) is 1. The molecule has 1 aliphatic rings. The van der Waals surface area contributed by atoms with E-state index in [9.17, 15) is 4.79 Å². The second kappa shape index (κ2) is 4.05. The van der Waals surface area contributed by atoms with Gasteiger partial charge >= 0.3 is 0 Å². The zero-order valence-electron chi connectivity index (χ0n) is 10.6. The van der Waals surface area contributed by atoms with Gasteiger partial charge in [0.05, 0.1) is 17.7 Å². The molecule has 94 valence electrons. The van der Waals surface area contributed by atoms with Gasteiger partial charge in [0.15, 0.2) is 5.78 Å². The summed E-state index contributed by atoms with van der Waals surface area (Å²) in [4.78, 5) is 16.4. The van der Waals surface area contributed by atoms with Crippen molar-refractivity contribution >= 4 is 17.1 Å². The summed E-state index contributed by atoms with van der Waals surface area (Å²) >= 11 is 1.61. The molecule has 0 bridgehead atoms. The van der Waals surface area contributed by atoms with E-state index in [0.717, 1.165) is 24.2 Å². The first-order valence-electron chi connectivity index (χ1n) is 6.13. The lowest BCUT2D eigenvalue weighted by atomic mass is 9.76. The van der Waals surface area contributed by atoms with E-state index < -0.39 is 0 Å². The molecule has 0 fully saturated rings. The van der Waals surface area contributed by atoms with Crippen molar-refractivity contribution in [3.05, 3.63) is 40.1 Å². The molecule has 0 atom stereocenters. The number of thiazole rings is 1. The highest BCUT2D eigenvalue weighted by Crippen LogP contribution is 2.35. The number of rotatable bonds is 2. The molecule has 0 saturated carbocycles. The quantitative estimate of drug-likeness (QED) is 0.831. The minimum atomic E-state index is 0.0717. The standard InChI is InChI=1S/C14H16N2OS/c1-14(2)5-12-11(13(17)6-14)3-4-16(12)7-10-8-18-9-15-10/h3-4,8-9H,5-7H2,1-2H3. The average molecular weight is 260 g/mol. The molecule has 0 aliphatic heterocycles. The number of hydrogen-bond acceptors (Lipinski definition) is 3. The molecule has 0 spiro atoms. The van der Waals surface area contributed by atoms with Gasteiger partial charge in [-0.15, -0.1) is 11.3 Å². The van der Waals surface area contributed by atoms with Crippen LogP contribution in [0.1, 0.15) is 42.0 Å². The maximum atomic E-state index is 12.1. The molecule has 0 radical (unpaired) electrons. The maximum Gasteiger partial charge on any atom is 0.165 e. The summed E-state index contributed by atoms with van der Waals surface area (Å²) in [6, 6.07) is 1.96. The summed E-state index contributed by atoms with van der Waals surface area (Å²) in [6.07, 6.45) is 3.63. The van der Waals surface area contributed by atoms with Crippen LogP contribution in [0.15, 0.2) is 23.2 Å². The van der Waals surface area contributed by atoms with Crippen LogP contribution in [0.2, 0.25) is 0 Å². The van der Waals surface area contributed by atoms with Crippen LogP contribution >= 0.6 is 11.3 Å². The fourth-order valence-corrected chi connectivity index (χ4v) is 3.19. The van der Waals surface area contributed by atoms with E-state index in [1.807, 2.05) is 17.8 Å². The van der Waals surface area contributed by atoms with Crippen LogP contribution in [0.3, 0.4) is 0 Å². The van der Waals surface area contributed by atoms with Gasteiger partial charge in [-0.05, 0) is 17.9 Å². The zero-order chi connectivity index (χ0) is 12.8. The third-order valence-corrected chi connectivity index (χ3v) is 4.12. The van der Waals surface area contributed by atoms with E-state index in [0.29, 0.717) is 6.42 Å². The predicted molar refractivity (Wildman–Crippen MR) is 72.1 cm³/mol. The van der Waals surface area contributed by atoms with E-state index in [-0.39, 0.29) is 11.2 Å². The highest BCUT2D eigenvalue weighted by molar-refractivity contribution is 7.07. The van der Waals surface area contributed by atoms with Crippen LogP contribution < -0.4 is 0 Å². The summed E-state index contributed by atoms with van der Waals surface area (Å²) in [5, 5.41) is 2.06. The van der Waals surface area contributed by atoms with Crippen molar-refractivity contribution in [2.45, 2.75) is 33.2 Å². The highest BCUT2D eigenvalue weighted by Gasteiger charge is 2.32. The van der Waals surface area contributed by atoms with E-state index in [1.54, 1.807) is 11.3 Å². The Labute approximate surface area is 110 Å². The molecule has 2 aromatic heterocycles. The molecule has 2 heterocycles. The Morgan fingerprint density at radius 3 is 3.00 bits per heavy atom. The Hall–Kier alpha value is -1.42. The Morgan fingerprint density at radius 2 is 2.28 bits per heavy atom. The Kier molecular flexibility index (Phi) is 2.63. The summed E-state index contributed by atoms with van der Waals surface area (Å²) in [5.41, 5.74) is 5.06. The minimum absolute atomic E-state index is 0.0717. The lowest BCUT2D eigenvalue weighted by Crippen LogP contribution is -2.28. The summed E-state index contributed by atoms with van der Waals surface area (Å²) in [6.45, 7) is 5.09. The van der Waals surface area contributed by atoms with Gasteiger partial charge in [-0.2, -0.15) is 0 Å². The summed E-state index contributed by atoms with van der Waals surface area (Å²) in [5.74, 6) is 0.276. The van der Waals surface area contributed by atoms with E-state index >= 15 is 0 Å². The fraction of sp³-hybridized carbons (Fsp3) is 0.429. The minimum Gasteiger partial charge on any atom is -0.345 e. The van der Waals surface area contributed by atoms with Crippen molar-refractivity contribution in [2.75, 3.05) is 0 Å². The first-order chi connectivity index (χ1) is 8.55. The molecule has 3 rings (SSSR count). The van der Waals surface area contributed by atoms with Crippen LogP contribution in [-0.2, 0) is 13.0 Å². The topological polar surface area (TPSA) is 34.9 Å². The monoisotopic (exact) mass is 260 g/mol. The number of carbonyl (C=O) groups is 1. The number of nitrogens with zero attached hydrogens (tertiary/aromatic N) is 2. The molecule has 4 heteroatoms. The predicted octanol–water partition coefficient (Wildman–Crippen LogP) is 3.15. The second-order valence-corrected chi connectivity index (χ2v) is 6.44. The Morgan fingerprint density at radius 1 is 1.44 bits per heavy atom. The number of ketones is 1. The number of carbonyl (C=O) groups excluding carboxylic acids is 1. The third kappa shape index (κ3) is 2.01. The van der Waals surface area contributed by atoms with Crippen LogP contribution in [0.25, 0.3) is 0 Å². The molecule has 0 unspecified atom stereocenters. The van der Waals surface area contributed by atoms with Gasteiger partial charge in [-0.3, -0.25) is 4.79 Å². The molecule has 0 aromatic carbocycles. The van der Waals surface area contributed by atoms with Crippen LogP contribution in [0.5, 0.6) is 0 Å². The van der Waals surface area contributed by atoms with E-state index in [2.05, 4.69) is 28.8 Å². The third-order valence-electron chi connectivity index (χ3n) is 3.48. The Bertz CT molecular complexity index is 581. The molecule has 2 aromatic rings. The van der Waals surface area contributed by atoms with Gasteiger partial charge in [-0.1, -0.05) is 13.8 Å². The lowest BCUT2D eigenvalue weighted by Gasteiger charge is -2.29. The van der Waals surface area contributed by atoms with Crippen molar-refractivity contribution in [1.82, 2.24) is 9.55 Å². The summed E-state index contributed by atoms with van der Waals surface area (Å²) in [7, 11) is 0. The molecular formula is C14H16N2OS. The molecule has 1 aliphatic carbocycles. The van der Waals surface area contributed by atoms with E-state index in [4.69, 9.17) is 0 Å². The molecule has 0 saturated heterocycles. The largest absolute Gasteiger partial charge is 0.345 e. The highest BCUT2D eigenvalue weighted by atomic mass is 32.1. The van der Waals surface area contributed by atoms with Crippen molar-refractivity contribution < 1.29 is 4.79 Å². The number of hydrogen-bond donors (Lipinski definition) is 0. The maximum absolute atomic E-state index is 12.1. The first-order valence-corrected chi connectivity index (χ1v) is 7.08. The number of aromatic nitrogens is 2. The molecular weight excluding hydrogens is 244 g/mol. The van der Waals surface area contributed by atoms with Gasteiger partial charge < -0.3 is 4.57 Å². The van der Waals surface area contributed by atoms with Gasteiger partial charge in [0.25, 0.3) is 0 Å². The Balaban J connectivity index is 1.97. The van der Waals surface area contributed by atoms with E-state index in [1.165, 1.54) is 5.69 Å². The summed E-state index contributed by atoms with van der Waals surface area (Å²) < 4.78 is 2.17. The van der Waals surface area contributed by atoms with Crippen molar-refractivity contribution in [1.29, 1.82) is 0 Å².